The van der Waals surface area contributed by atoms with Crippen molar-refractivity contribution in [1.82, 2.24) is 4.90 Å². The second-order valence-electron chi connectivity index (χ2n) is 6.72. The number of carbonyl (C=O) groups is 3. The largest absolute Gasteiger partial charge is 0.454 e. The van der Waals surface area contributed by atoms with Gasteiger partial charge in [0.15, 0.2) is 6.10 Å². The SMILES string of the molecule is C[C@@H](OC(=O)[C@H]1CC(=O)N(Cc2ccccc2Cl)C1)C(=O)c1ccc(F)cc1. The summed E-state index contributed by atoms with van der Waals surface area (Å²) in [7, 11) is 0. The van der Waals surface area contributed by atoms with Gasteiger partial charge in [-0.05, 0) is 42.8 Å². The van der Waals surface area contributed by atoms with Crippen LogP contribution in [0.2, 0.25) is 5.02 Å². The van der Waals surface area contributed by atoms with E-state index >= 15 is 0 Å². The average molecular weight is 404 g/mol. The van der Waals surface area contributed by atoms with Gasteiger partial charge in [-0.15, -0.1) is 0 Å². The molecule has 0 spiro atoms. The summed E-state index contributed by atoms with van der Waals surface area (Å²) in [5.74, 6) is -2.29. The molecule has 0 saturated carbocycles. The van der Waals surface area contributed by atoms with E-state index in [-0.39, 0.29) is 24.4 Å². The van der Waals surface area contributed by atoms with Gasteiger partial charge in [0.2, 0.25) is 11.7 Å². The van der Waals surface area contributed by atoms with Crippen molar-refractivity contribution in [2.24, 2.45) is 5.92 Å². The Morgan fingerprint density at radius 1 is 1.21 bits per heavy atom. The number of carbonyl (C=O) groups excluding carboxylic acids is 3. The van der Waals surface area contributed by atoms with Crippen molar-refractivity contribution in [2.75, 3.05) is 6.54 Å². The molecule has 2 aromatic carbocycles. The summed E-state index contributed by atoms with van der Waals surface area (Å²) in [6.45, 7) is 1.98. The number of amides is 1. The van der Waals surface area contributed by atoms with E-state index in [1.807, 2.05) is 12.1 Å². The maximum atomic E-state index is 13.0. The first-order valence-electron chi connectivity index (χ1n) is 8.86. The second kappa shape index (κ2) is 8.52. The number of rotatable bonds is 6. The first-order chi connectivity index (χ1) is 13.3. The van der Waals surface area contributed by atoms with Crippen LogP contribution in [0.15, 0.2) is 48.5 Å². The fraction of sp³-hybridized carbons (Fsp3) is 0.286. The molecule has 1 amide bonds. The highest BCUT2D eigenvalue weighted by atomic mass is 35.5. The van der Waals surface area contributed by atoms with Crippen molar-refractivity contribution in [1.29, 1.82) is 0 Å². The minimum Gasteiger partial charge on any atom is -0.454 e. The number of hydrogen-bond donors (Lipinski definition) is 0. The van der Waals surface area contributed by atoms with Crippen LogP contribution in [-0.2, 0) is 20.9 Å². The van der Waals surface area contributed by atoms with Gasteiger partial charge in [0, 0.05) is 30.1 Å². The molecule has 0 unspecified atom stereocenters. The van der Waals surface area contributed by atoms with Crippen LogP contribution in [0.25, 0.3) is 0 Å². The normalized spacial score (nSPS) is 17.5. The van der Waals surface area contributed by atoms with E-state index < -0.39 is 29.6 Å². The smallest absolute Gasteiger partial charge is 0.311 e. The van der Waals surface area contributed by atoms with E-state index in [2.05, 4.69) is 0 Å². The van der Waals surface area contributed by atoms with E-state index in [9.17, 15) is 18.8 Å². The minimum absolute atomic E-state index is 0.0285. The van der Waals surface area contributed by atoms with Crippen LogP contribution in [0.1, 0.15) is 29.3 Å². The Labute approximate surface area is 167 Å². The van der Waals surface area contributed by atoms with Gasteiger partial charge in [-0.3, -0.25) is 14.4 Å². The van der Waals surface area contributed by atoms with Gasteiger partial charge in [0.25, 0.3) is 0 Å². The number of hydrogen-bond acceptors (Lipinski definition) is 4. The van der Waals surface area contributed by atoms with Crippen molar-refractivity contribution in [2.45, 2.75) is 26.0 Å². The molecule has 0 bridgehead atoms. The Balaban J connectivity index is 1.59. The predicted octanol–water partition coefficient (Wildman–Crippen LogP) is 3.64. The molecule has 1 heterocycles. The van der Waals surface area contributed by atoms with Crippen molar-refractivity contribution < 1.29 is 23.5 Å². The van der Waals surface area contributed by atoms with Crippen LogP contribution in [0.4, 0.5) is 4.39 Å². The molecule has 3 rings (SSSR count). The Kier molecular flexibility index (Phi) is 6.09. The number of ketones is 1. The summed E-state index contributed by atoms with van der Waals surface area (Å²) in [6, 6.07) is 12.2. The Bertz CT molecular complexity index is 900. The highest BCUT2D eigenvalue weighted by Gasteiger charge is 2.36. The zero-order valence-electron chi connectivity index (χ0n) is 15.2. The number of ether oxygens (including phenoxy) is 1. The number of likely N-dealkylation sites (tertiary alicyclic amines) is 1. The van der Waals surface area contributed by atoms with Gasteiger partial charge >= 0.3 is 5.97 Å². The molecule has 0 aliphatic carbocycles. The van der Waals surface area contributed by atoms with Gasteiger partial charge in [0.1, 0.15) is 5.82 Å². The quantitative estimate of drug-likeness (QED) is 0.545. The minimum atomic E-state index is -1.02. The number of halogens is 2. The van der Waals surface area contributed by atoms with E-state index in [0.717, 1.165) is 5.56 Å². The first-order valence-corrected chi connectivity index (χ1v) is 9.24. The van der Waals surface area contributed by atoms with Crippen molar-refractivity contribution in [3.8, 4) is 0 Å². The van der Waals surface area contributed by atoms with E-state index in [4.69, 9.17) is 16.3 Å². The Morgan fingerprint density at radius 3 is 2.57 bits per heavy atom. The summed E-state index contributed by atoms with van der Waals surface area (Å²) < 4.78 is 18.2. The monoisotopic (exact) mass is 403 g/mol. The molecular weight excluding hydrogens is 385 g/mol. The van der Waals surface area contributed by atoms with Crippen LogP contribution < -0.4 is 0 Å². The van der Waals surface area contributed by atoms with Gasteiger partial charge in [-0.25, -0.2) is 4.39 Å². The topological polar surface area (TPSA) is 63.7 Å². The van der Waals surface area contributed by atoms with E-state index in [0.29, 0.717) is 11.6 Å². The molecule has 2 aromatic rings. The molecule has 0 radical (unpaired) electrons. The standard InChI is InChI=1S/C21H19ClFNO4/c1-13(20(26)14-6-8-17(23)9-7-14)28-21(27)16-10-19(25)24(12-16)11-15-4-2-3-5-18(15)22/h2-9,13,16H,10-12H2,1H3/t13-,16+/m1/s1. The Hall–Kier alpha value is -2.73. The van der Waals surface area contributed by atoms with Crippen molar-refractivity contribution in [3.63, 3.8) is 0 Å². The number of benzene rings is 2. The fourth-order valence-electron chi connectivity index (χ4n) is 3.09. The zero-order chi connectivity index (χ0) is 20.3. The third-order valence-corrected chi connectivity index (χ3v) is 5.03. The van der Waals surface area contributed by atoms with Crippen LogP contribution >= 0.6 is 11.6 Å². The molecule has 7 heteroatoms. The van der Waals surface area contributed by atoms with Crippen LogP contribution in [0.5, 0.6) is 0 Å². The molecule has 1 aliphatic rings. The van der Waals surface area contributed by atoms with Crippen LogP contribution in [0, 0.1) is 11.7 Å². The predicted molar refractivity (Wildman–Crippen MR) is 101 cm³/mol. The molecule has 0 aromatic heterocycles. The summed E-state index contributed by atoms with van der Waals surface area (Å²) >= 11 is 6.13. The summed E-state index contributed by atoms with van der Waals surface area (Å²) in [6.07, 6.45) is -0.994. The average Bonchev–Trinajstić information content (AvgIpc) is 3.04. The van der Waals surface area contributed by atoms with Gasteiger partial charge in [0.05, 0.1) is 5.92 Å². The van der Waals surface area contributed by atoms with E-state index in [1.54, 1.807) is 17.0 Å². The maximum absolute atomic E-state index is 13.0. The summed E-state index contributed by atoms with van der Waals surface area (Å²) in [4.78, 5) is 38.5. The lowest BCUT2D eigenvalue weighted by molar-refractivity contribution is -0.151. The number of nitrogens with zero attached hydrogens (tertiary/aromatic N) is 1. The maximum Gasteiger partial charge on any atom is 0.311 e. The molecule has 0 N–H and O–H groups in total. The van der Waals surface area contributed by atoms with Gasteiger partial charge in [-0.2, -0.15) is 0 Å². The highest BCUT2D eigenvalue weighted by Crippen LogP contribution is 2.25. The summed E-state index contributed by atoms with van der Waals surface area (Å²) in [5.41, 5.74) is 1.05. The molecular formula is C21H19ClFNO4. The molecule has 146 valence electrons. The first kappa shape index (κ1) is 20.0. The third kappa shape index (κ3) is 4.57. The van der Waals surface area contributed by atoms with Crippen molar-refractivity contribution in [3.05, 3.63) is 70.5 Å². The molecule has 5 nitrogen and oxygen atoms in total. The molecule has 1 fully saturated rings. The van der Waals surface area contributed by atoms with E-state index in [1.165, 1.54) is 31.2 Å². The number of esters is 1. The zero-order valence-corrected chi connectivity index (χ0v) is 16.0. The lowest BCUT2D eigenvalue weighted by Gasteiger charge is -2.18. The van der Waals surface area contributed by atoms with Crippen LogP contribution in [0.3, 0.4) is 0 Å². The molecule has 1 saturated heterocycles. The summed E-state index contributed by atoms with van der Waals surface area (Å²) in [5, 5.41) is 0.555. The fourth-order valence-corrected chi connectivity index (χ4v) is 3.28. The highest BCUT2D eigenvalue weighted by molar-refractivity contribution is 6.31. The molecule has 2 atom stereocenters. The van der Waals surface area contributed by atoms with Crippen LogP contribution in [-0.4, -0.2) is 35.2 Å². The lowest BCUT2D eigenvalue weighted by atomic mass is 10.1. The lowest BCUT2D eigenvalue weighted by Crippen LogP contribution is -2.30. The van der Waals surface area contributed by atoms with Gasteiger partial charge < -0.3 is 9.64 Å². The number of Topliss-reactive ketones (excluding diaryl/α,β-unsaturated/α-hetero) is 1. The Morgan fingerprint density at radius 2 is 1.89 bits per heavy atom. The van der Waals surface area contributed by atoms with Crippen molar-refractivity contribution >= 4 is 29.3 Å². The second-order valence-corrected chi connectivity index (χ2v) is 7.12. The van der Waals surface area contributed by atoms with Gasteiger partial charge in [-0.1, -0.05) is 29.8 Å². The molecule has 1 aliphatic heterocycles. The molecule has 28 heavy (non-hydrogen) atoms. The third-order valence-electron chi connectivity index (χ3n) is 4.66.